The van der Waals surface area contributed by atoms with Crippen LogP contribution in [0.1, 0.15) is 37.7 Å². The Bertz CT molecular complexity index is 1490. The molecule has 2 aromatic heterocycles. The van der Waals surface area contributed by atoms with E-state index in [0.717, 1.165) is 45.9 Å². The number of nitrogens with zero attached hydrogens (tertiary/aromatic N) is 2. The number of fused-ring (bicyclic) bond motifs is 3. The third-order valence-electron chi connectivity index (χ3n) is 6.34. The van der Waals surface area contributed by atoms with Gasteiger partial charge in [-0.05, 0) is 43.5 Å². The van der Waals surface area contributed by atoms with Crippen molar-refractivity contribution in [2.24, 2.45) is 0 Å². The molecule has 0 bridgehead atoms. The molecule has 0 aliphatic heterocycles. The van der Waals surface area contributed by atoms with Crippen LogP contribution in [0.5, 0.6) is 0 Å². The van der Waals surface area contributed by atoms with Crippen molar-refractivity contribution in [3.63, 3.8) is 0 Å². The van der Waals surface area contributed by atoms with Gasteiger partial charge in [0.05, 0.1) is 11.2 Å². The first-order chi connectivity index (χ1) is 15.9. The molecule has 1 aliphatic rings. The first-order valence-corrected chi connectivity index (χ1v) is 12.4. The van der Waals surface area contributed by atoms with Crippen LogP contribution in [0.25, 0.3) is 26.0 Å². The fraction of sp³-hybridized carbons (Fsp3) is 0.320. The van der Waals surface area contributed by atoms with E-state index in [0.29, 0.717) is 20.9 Å². The van der Waals surface area contributed by atoms with Crippen LogP contribution in [0.4, 0.5) is 0 Å². The summed E-state index contributed by atoms with van der Waals surface area (Å²) >= 11 is 7.54. The highest BCUT2D eigenvalue weighted by molar-refractivity contribution is 7.25. The van der Waals surface area contributed by atoms with Crippen LogP contribution in [0.15, 0.2) is 52.1 Å². The highest BCUT2D eigenvalue weighted by Gasteiger charge is 2.23. The number of hydrogen-bond acceptors (Lipinski definition) is 4. The summed E-state index contributed by atoms with van der Waals surface area (Å²) in [6.07, 6.45) is 5.31. The van der Waals surface area contributed by atoms with Crippen molar-refractivity contribution in [2.75, 3.05) is 0 Å². The monoisotopic (exact) mass is 481 g/mol. The van der Waals surface area contributed by atoms with E-state index in [1.807, 2.05) is 31.2 Å². The zero-order valence-corrected chi connectivity index (χ0v) is 19.8. The summed E-state index contributed by atoms with van der Waals surface area (Å²) in [5.41, 5.74) is 0.751. The van der Waals surface area contributed by atoms with E-state index in [1.165, 1.54) is 22.3 Å². The smallest absolute Gasteiger partial charge is 0.336 e. The van der Waals surface area contributed by atoms with Crippen LogP contribution in [0.3, 0.4) is 0 Å². The van der Waals surface area contributed by atoms with Gasteiger partial charge in [-0.15, -0.1) is 11.3 Å². The van der Waals surface area contributed by atoms with Gasteiger partial charge in [-0.3, -0.25) is 14.2 Å². The molecule has 1 aliphatic carbocycles. The Morgan fingerprint density at radius 2 is 1.88 bits per heavy atom. The summed E-state index contributed by atoms with van der Waals surface area (Å²) in [7, 11) is 0. The highest BCUT2D eigenvalue weighted by atomic mass is 35.5. The van der Waals surface area contributed by atoms with Crippen molar-refractivity contribution in [3.05, 3.63) is 73.9 Å². The molecule has 4 aromatic rings. The number of nitrogens with one attached hydrogen (secondary N) is 1. The number of thiophene rings is 1. The van der Waals surface area contributed by atoms with Crippen molar-refractivity contribution in [3.8, 4) is 5.69 Å². The summed E-state index contributed by atoms with van der Waals surface area (Å²) < 4.78 is 3.92. The van der Waals surface area contributed by atoms with E-state index in [1.54, 1.807) is 18.2 Å². The summed E-state index contributed by atoms with van der Waals surface area (Å²) in [4.78, 5) is 40.3. The molecule has 0 radical (unpaired) electrons. The lowest BCUT2D eigenvalue weighted by molar-refractivity contribution is -0.122. The Morgan fingerprint density at radius 1 is 1.12 bits per heavy atom. The lowest BCUT2D eigenvalue weighted by Gasteiger charge is -2.23. The fourth-order valence-electron chi connectivity index (χ4n) is 4.70. The second kappa shape index (κ2) is 8.80. The summed E-state index contributed by atoms with van der Waals surface area (Å²) in [5.74, 6) is -0.214. The Hall–Kier alpha value is -2.90. The predicted octanol–water partition coefficient (Wildman–Crippen LogP) is 4.78. The van der Waals surface area contributed by atoms with Crippen LogP contribution in [-0.2, 0) is 11.3 Å². The molecular formula is C25H24ClN3O3S. The molecule has 0 atom stereocenters. The summed E-state index contributed by atoms with van der Waals surface area (Å²) in [6.45, 7) is 1.68. The third-order valence-corrected chi connectivity index (χ3v) is 7.73. The maximum Gasteiger partial charge on any atom is 0.336 e. The van der Waals surface area contributed by atoms with Crippen LogP contribution in [0, 0.1) is 6.92 Å². The van der Waals surface area contributed by atoms with E-state index < -0.39 is 11.2 Å². The SMILES string of the molecule is Cc1ccc(Cl)cc1-n1c(=O)c2sc3ccccc3c2n(CC(=O)NC2CCCCC2)c1=O. The summed E-state index contributed by atoms with van der Waals surface area (Å²) in [6, 6.07) is 12.8. The summed E-state index contributed by atoms with van der Waals surface area (Å²) in [5, 5.41) is 4.32. The lowest BCUT2D eigenvalue weighted by atomic mass is 9.95. The molecule has 5 rings (SSSR count). The van der Waals surface area contributed by atoms with E-state index >= 15 is 0 Å². The molecule has 1 amide bonds. The molecule has 1 saturated carbocycles. The first-order valence-electron chi connectivity index (χ1n) is 11.2. The molecule has 2 aromatic carbocycles. The second-order valence-corrected chi connectivity index (χ2v) is 10.1. The number of amides is 1. The Balaban J connectivity index is 1.72. The van der Waals surface area contributed by atoms with E-state index in [4.69, 9.17) is 11.6 Å². The number of benzene rings is 2. The van der Waals surface area contributed by atoms with E-state index in [2.05, 4.69) is 5.32 Å². The van der Waals surface area contributed by atoms with Gasteiger partial charge in [-0.2, -0.15) is 0 Å². The van der Waals surface area contributed by atoms with Crippen LogP contribution >= 0.6 is 22.9 Å². The zero-order chi connectivity index (χ0) is 23.1. The Kier molecular flexibility index (Phi) is 5.85. The molecule has 0 spiro atoms. The number of carbonyl (C=O) groups is 1. The molecule has 170 valence electrons. The standard InChI is InChI=1S/C25H24ClN3O3S/c1-15-11-12-16(26)13-19(15)29-24(31)23-22(18-9-5-6-10-20(18)33-23)28(25(29)32)14-21(30)27-17-7-3-2-4-8-17/h5-6,9-13,17H,2-4,7-8,14H2,1H3,(H,27,30). The average molecular weight is 482 g/mol. The second-order valence-electron chi connectivity index (χ2n) is 8.62. The predicted molar refractivity (Wildman–Crippen MR) is 134 cm³/mol. The molecule has 2 heterocycles. The van der Waals surface area contributed by atoms with Gasteiger partial charge in [0.15, 0.2) is 0 Å². The third kappa shape index (κ3) is 4.00. The van der Waals surface area contributed by atoms with Gasteiger partial charge in [0.25, 0.3) is 5.56 Å². The molecule has 33 heavy (non-hydrogen) atoms. The maximum atomic E-state index is 13.7. The van der Waals surface area contributed by atoms with Crippen LogP contribution in [-0.4, -0.2) is 21.1 Å². The number of rotatable bonds is 4. The van der Waals surface area contributed by atoms with Crippen molar-refractivity contribution >= 4 is 49.1 Å². The lowest BCUT2D eigenvalue weighted by Crippen LogP contribution is -2.44. The average Bonchev–Trinajstić information content (AvgIpc) is 3.20. The zero-order valence-electron chi connectivity index (χ0n) is 18.3. The van der Waals surface area contributed by atoms with Crippen LogP contribution in [0.2, 0.25) is 5.02 Å². The van der Waals surface area contributed by atoms with Crippen LogP contribution < -0.4 is 16.6 Å². The van der Waals surface area contributed by atoms with Crippen molar-refractivity contribution < 1.29 is 4.79 Å². The van der Waals surface area contributed by atoms with Gasteiger partial charge < -0.3 is 5.32 Å². The van der Waals surface area contributed by atoms with Crippen molar-refractivity contribution in [1.82, 2.24) is 14.5 Å². The molecule has 1 N–H and O–H groups in total. The Labute approximate surface area is 199 Å². The van der Waals surface area contributed by atoms with Crippen molar-refractivity contribution in [1.29, 1.82) is 0 Å². The topological polar surface area (TPSA) is 73.1 Å². The van der Waals surface area contributed by atoms with Gasteiger partial charge in [0, 0.05) is 21.2 Å². The van der Waals surface area contributed by atoms with Gasteiger partial charge in [-0.1, -0.05) is 55.1 Å². The maximum absolute atomic E-state index is 13.7. The number of hydrogen-bond donors (Lipinski definition) is 1. The normalized spacial score (nSPS) is 14.7. The number of aryl methyl sites for hydroxylation is 1. The number of aromatic nitrogens is 2. The van der Waals surface area contributed by atoms with E-state index in [-0.39, 0.29) is 18.5 Å². The van der Waals surface area contributed by atoms with Gasteiger partial charge in [0.2, 0.25) is 5.91 Å². The van der Waals surface area contributed by atoms with Gasteiger partial charge in [-0.25, -0.2) is 9.36 Å². The number of carbonyl (C=O) groups excluding carboxylic acids is 1. The highest BCUT2D eigenvalue weighted by Crippen LogP contribution is 2.31. The van der Waals surface area contributed by atoms with Gasteiger partial charge >= 0.3 is 5.69 Å². The van der Waals surface area contributed by atoms with Gasteiger partial charge in [0.1, 0.15) is 11.2 Å². The molecule has 1 fully saturated rings. The minimum absolute atomic E-state index is 0.137. The first kappa shape index (κ1) is 21.9. The molecule has 0 unspecified atom stereocenters. The quantitative estimate of drug-likeness (QED) is 0.456. The molecule has 6 nitrogen and oxygen atoms in total. The molecule has 8 heteroatoms. The number of halogens is 1. The fourth-order valence-corrected chi connectivity index (χ4v) is 6.00. The van der Waals surface area contributed by atoms with Crippen molar-refractivity contribution in [2.45, 2.75) is 51.6 Å². The molecule has 0 saturated heterocycles. The minimum atomic E-state index is -0.541. The van der Waals surface area contributed by atoms with E-state index in [9.17, 15) is 14.4 Å². The minimum Gasteiger partial charge on any atom is -0.352 e. The largest absolute Gasteiger partial charge is 0.352 e. The Morgan fingerprint density at radius 3 is 2.67 bits per heavy atom. The molecular weight excluding hydrogens is 458 g/mol.